The fourth-order valence-electron chi connectivity index (χ4n) is 2.93. The van der Waals surface area contributed by atoms with E-state index in [0.29, 0.717) is 5.92 Å². The first-order chi connectivity index (χ1) is 9.96. The molecule has 5 nitrogen and oxygen atoms in total. The van der Waals surface area contributed by atoms with Gasteiger partial charge in [0, 0.05) is 6.04 Å². The fourth-order valence-corrected chi connectivity index (χ4v) is 4.71. The van der Waals surface area contributed by atoms with Crippen molar-refractivity contribution in [3.05, 3.63) is 0 Å². The lowest BCUT2D eigenvalue weighted by molar-refractivity contribution is 0.293. The van der Waals surface area contributed by atoms with Gasteiger partial charge in [0.05, 0.1) is 5.75 Å². The molecule has 0 aromatic rings. The summed E-state index contributed by atoms with van der Waals surface area (Å²) in [6.45, 7) is 11.4. The average molecular weight is 320 g/mol. The normalized spacial score (nSPS) is 19.0. The first-order valence-electron chi connectivity index (χ1n) is 8.40. The Kier molecular flexibility index (Phi) is 8.78. The molecule has 1 fully saturated rings. The van der Waals surface area contributed by atoms with Crippen LogP contribution in [-0.2, 0) is 10.0 Å². The van der Waals surface area contributed by atoms with Gasteiger partial charge in [0.2, 0.25) is 10.0 Å². The number of nitrogens with one attached hydrogen (secondary N) is 2. The molecule has 0 saturated carbocycles. The summed E-state index contributed by atoms with van der Waals surface area (Å²) in [5.74, 6) is 0.598. The van der Waals surface area contributed by atoms with Crippen molar-refractivity contribution >= 4 is 10.0 Å². The molecule has 1 heterocycles. The Morgan fingerprint density at radius 1 is 1.24 bits per heavy atom. The van der Waals surface area contributed by atoms with E-state index in [2.05, 4.69) is 28.8 Å². The number of sulfonamides is 1. The smallest absolute Gasteiger partial charge is 0.212 e. The molecular weight excluding hydrogens is 286 g/mol. The van der Waals surface area contributed by atoms with Crippen molar-refractivity contribution in [3.63, 3.8) is 0 Å². The van der Waals surface area contributed by atoms with Crippen LogP contribution in [0.1, 0.15) is 46.5 Å². The number of piperidine rings is 1. The molecule has 0 amide bonds. The van der Waals surface area contributed by atoms with Crippen LogP contribution in [0.4, 0.5) is 0 Å². The lowest BCUT2D eigenvalue weighted by Gasteiger charge is -2.24. The van der Waals surface area contributed by atoms with E-state index in [1.54, 1.807) is 0 Å². The Morgan fingerprint density at radius 3 is 2.43 bits per heavy atom. The van der Waals surface area contributed by atoms with Gasteiger partial charge in [-0.05, 0) is 71.2 Å². The molecule has 0 aliphatic carbocycles. The molecule has 1 saturated heterocycles. The van der Waals surface area contributed by atoms with Gasteiger partial charge in [-0.2, -0.15) is 0 Å². The molecule has 0 radical (unpaired) electrons. The molecule has 1 atom stereocenters. The van der Waals surface area contributed by atoms with Crippen molar-refractivity contribution < 1.29 is 8.42 Å². The summed E-state index contributed by atoms with van der Waals surface area (Å²) in [7, 11) is -3.13. The van der Waals surface area contributed by atoms with Crippen LogP contribution in [0.3, 0.4) is 0 Å². The maximum Gasteiger partial charge on any atom is 0.212 e. The fraction of sp³-hybridized carbons (Fsp3) is 1.00. The maximum absolute atomic E-state index is 12.2. The monoisotopic (exact) mass is 319 g/mol. The van der Waals surface area contributed by atoms with Gasteiger partial charge in [-0.25, -0.2) is 13.1 Å². The lowest BCUT2D eigenvalue weighted by Crippen LogP contribution is -2.39. The van der Waals surface area contributed by atoms with Gasteiger partial charge in [0.1, 0.15) is 0 Å². The minimum atomic E-state index is -3.13. The highest BCUT2D eigenvalue weighted by Gasteiger charge is 2.22. The van der Waals surface area contributed by atoms with Crippen molar-refractivity contribution in [3.8, 4) is 0 Å². The molecule has 0 aromatic heterocycles. The molecule has 0 spiro atoms. The van der Waals surface area contributed by atoms with Crippen LogP contribution >= 0.6 is 0 Å². The summed E-state index contributed by atoms with van der Waals surface area (Å²) in [5, 5.41) is 3.27. The minimum absolute atomic E-state index is 0.0345. The van der Waals surface area contributed by atoms with E-state index in [1.807, 2.05) is 6.92 Å². The van der Waals surface area contributed by atoms with E-state index in [1.165, 1.54) is 0 Å². The summed E-state index contributed by atoms with van der Waals surface area (Å²) in [4.78, 5) is 2.37. The van der Waals surface area contributed by atoms with Gasteiger partial charge in [-0.1, -0.05) is 13.8 Å². The molecule has 21 heavy (non-hydrogen) atoms. The van der Waals surface area contributed by atoms with Crippen LogP contribution in [-0.4, -0.2) is 57.8 Å². The Labute approximate surface area is 130 Å². The predicted molar refractivity (Wildman–Crippen MR) is 89.0 cm³/mol. The summed E-state index contributed by atoms with van der Waals surface area (Å²) in [6, 6.07) is 0.0345. The molecule has 1 aliphatic rings. The van der Waals surface area contributed by atoms with Gasteiger partial charge in [-0.3, -0.25) is 0 Å². The van der Waals surface area contributed by atoms with E-state index < -0.39 is 10.0 Å². The van der Waals surface area contributed by atoms with E-state index in [0.717, 1.165) is 58.4 Å². The molecule has 126 valence electrons. The summed E-state index contributed by atoms with van der Waals surface area (Å²) in [5.41, 5.74) is 0. The Bertz CT molecular complexity index is 363. The third-order valence-corrected chi connectivity index (χ3v) is 5.97. The second-order valence-electron chi connectivity index (χ2n) is 6.16. The van der Waals surface area contributed by atoms with Crippen molar-refractivity contribution in [2.45, 2.75) is 52.5 Å². The second-order valence-corrected chi connectivity index (χ2v) is 7.96. The van der Waals surface area contributed by atoms with Gasteiger partial charge in [0.25, 0.3) is 0 Å². The topological polar surface area (TPSA) is 61.4 Å². The Hall–Kier alpha value is -0.170. The summed E-state index contributed by atoms with van der Waals surface area (Å²) >= 11 is 0. The van der Waals surface area contributed by atoms with E-state index in [-0.39, 0.29) is 11.8 Å². The van der Waals surface area contributed by atoms with Crippen LogP contribution in [0.25, 0.3) is 0 Å². The van der Waals surface area contributed by atoms with Crippen LogP contribution < -0.4 is 10.0 Å². The molecule has 1 rings (SSSR count). The third kappa shape index (κ3) is 8.14. The minimum Gasteiger partial charge on any atom is -0.317 e. The Morgan fingerprint density at radius 2 is 1.86 bits per heavy atom. The molecule has 0 bridgehead atoms. The molecule has 6 heteroatoms. The van der Waals surface area contributed by atoms with Gasteiger partial charge < -0.3 is 10.2 Å². The first-order valence-corrected chi connectivity index (χ1v) is 10.0. The number of hydrogen-bond donors (Lipinski definition) is 2. The SMILES string of the molecule is CCN(CC)CCCC(C)NS(=O)(=O)CC1CCNCC1. The third-order valence-electron chi connectivity index (χ3n) is 4.30. The Balaban J connectivity index is 2.26. The molecular formula is C15H33N3O2S. The van der Waals surface area contributed by atoms with Crippen LogP contribution in [0.5, 0.6) is 0 Å². The zero-order chi connectivity index (χ0) is 15.7. The van der Waals surface area contributed by atoms with E-state index in [4.69, 9.17) is 0 Å². The highest BCUT2D eigenvalue weighted by Crippen LogP contribution is 2.14. The number of hydrogen-bond acceptors (Lipinski definition) is 4. The van der Waals surface area contributed by atoms with Crippen LogP contribution in [0.15, 0.2) is 0 Å². The van der Waals surface area contributed by atoms with Crippen molar-refractivity contribution in [2.75, 3.05) is 38.5 Å². The van der Waals surface area contributed by atoms with E-state index >= 15 is 0 Å². The lowest BCUT2D eigenvalue weighted by atomic mass is 10.0. The average Bonchev–Trinajstić information content (AvgIpc) is 2.43. The van der Waals surface area contributed by atoms with Gasteiger partial charge in [-0.15, -0.1) is 0 Å². The molecule has 2 N–H and O–H groups in total. The van der Waals surface area contributed by atoms with Crippen molar-refractivity contribution in [1.29, 1.82) is 0 Å². The summed E-state index contributed by atoms with van der Waals surface area (Å²) in [6.07, 6.45) is 3.88. The maximum atomic E-state index is 12.2. The van der Waals surface area contributed by atoms with Crippen molar-refractivity contribution in [1.82, 2.24) is 14.9 Å². The molecule has 1 unspecified atom stereocenters. The quantitative estimate of drug-likeness (QED) is 0.639. The zero-order valence-electron chi connectivity index (χ0n) is 13.9. The van der Waals surface area contributed by atoms with E-state index in [9.17, 15) is 8.42 Å². The highest BCUT2D eigenvalue weighted by molar-refractivity contribution is 7.89. The van der Waals surface area contributed by atoms with Crippen LogP contribution in [0.2, 0.25) is 0 Å². The number of rotatable bonds is 10. The molecule has 1 aliphatic heterocycles. The summed E-state index contributed by atoms with van der Waals surface area (Å²) < 4.78 is 27.2. The van der Waals surface area contributed by atoms with Gasteiger partial charge >= 0.3 is 0 Å². The standard InChI is InChI=1S/C15H33N3O2S/c1-4-18(5-2)12-6-7-14(3)17-21(19,20)13-15-8-10-16-11-9-15/h14-17H,4-13H2,1-3H3. The van der Waals surface area contributed by atoms with Crippen LogP contribution in [0, 0.1) is 5.92 Å². The zero-order valence-corrected chi connectivity index (χ0v) is 14.7. The first kappa shape index (κ1) is 18.9. The largest absolute Gasteiger partial charge is 0.317 e. The van der Waals surface area contributed by atoms with Gasteiger partial charge in [0.15, 0.2) is 0 Å². The second kappa shape index (κ2) is 9.77. The predicted octanol–water partition coefficient (Wildman–Crippen LogP) is 1.42. The number of nitrogens with zero attached hydrogens (tertiary/aromatic N) is 1. The molecule has 0 aromatic carbocycles. The highest BCUT2D eigenvalue weighted by atomic mass is 32.2. The van der Waals surface area contributed by atoms with Crippen molar-refractivity contribution in [2.24, 2.45) is 5.92 Å².